The minimum Gasteiger partial charge on any atom is -0.306 e. The van der Waals surface area contributed by atoms with Crippen molar-refractivity contribution in [2.75, 3.05) is 0 Å². The Bertz CT molecular complexity index is 549. The summed E-state index contributed by atoms with van der Waals surface area (Å²) in [6.45, 7) is 2.70. The molecule has 1 unspecified atom stereocenters. The van der Waals surface area contributed by atoms with Crippen molar-refractivity contribution >= 4 is 34.8 Å². The molecule has 0 aromatic heterocycles. The Morgan fingerprint density at radius 2 is 1.63 bits per heavy atom. The van der Waals surface area contributed by atoms with Crippen molar-refractivity contribution in [2.24, 2.45) is 0 Å². The lowest BCUT2D eigenvalue weighted by molar-refractivity contribution is 0.575. The fraction of sp³-hybridized carbons (Fsp3) is 0.200. The Labute approximate surface area is 128 Å². The first-order chi connectivity index (χ1) is 9.08. The summed E-state index contributed by atoms with van der Waals surface area (Å²) in [6, 6.07) is 13.5. The molecule has 0 amide bonds. The van der Waals surface area contributed by atoms with Gasteiger partial charge in [0, 0.05) is 33.2 Å². The van der Waals surface area contributed by atoms with Gasteiger partial charge in [0.05, 0.1) is 0 Å². The van der Waals surface area contributed by atoms with Crippen LogP contribution in [0.4, 0.5) is 0 Å². The van der Waals surface area contributed by atoms with Gasteiger partial charge in [-0.15, -0.1) is 0 Å². The Morgan fingerprint density at radius 1 is 1.00 bits per heavy atom. The second kappa shape index (κ2) is 6.62. The maximum Gasteiger partial charge on any atom is 0.0465 e. The van der Waals surface area contributed by atoms with Gasteiger partial charge in [-0.3, -0.25) is 0 Å². The van der Waals surface area contributed by atoms with E-state index < -0.39 is 0 Å². The van der Waals surface area contributed by atoms with Gasteiger partial charge in [0.1, 0.15) is 0 Å². The van der Waals surface area contributed by atoms with Crippen LogP contribution >= 0.6 is 34.8 Å². The zero-order valence-corrected chi connectivity index (χ0v) is 12.7. The molecule has 1 nitrogen and oxygen atoms in total. The van der Waals surface area contributed by atoms with Crippen molar-refractivity contribution in [1.82, 2.24) is 5.32 Å². The number of hydrogen-bond donors (Lipinski definition) is 1. The van der Waals surface area contributed by atoms with Crippen LogP contribution < -0.4 is 5.32 Å². The van der Waals surface area contributed by atoms with Gasteiger partial charge in [-0.25, -0.2) is 0 Å². The van der Waals surface area contributed by atoms with E-state index in [1.165, 1.54) is 0 Å². The van der Waals surface area contributed by atoms with Crippen molar-refractivity contribution in [2.45, 2.75) is 19.5 Å². The molecule has 0 aliphatic carbocycles. The van der Waals surface area contributed by atoms with Gasteiger partial charge in [-0.05, 0) is 36.8 Å². The van der Waals surface area contributed by atoms with Crippen LogP contribution in [0.3, 0.4) is 0 Å². The zero-order chi connectivity index (χ0) is 13.8. The van der Waals surface area contributed by atoms with Crippen molar-refractivity contribution in [3.63, 3.8) is 0 Å². The first-order valence-corrected chi connectivity index (χ1v) is 7.13. The molecule has 100 valence electrons. The van der Waals surface area contributed by atoms with Crippen LogP contribution in [0, 0.1) is 0 Å². The molecule has 2 rings (SSSR count). The summed E-state index contributed by atoms with van der Waals surface area (Å²) < 4.78 is 0. The SMILES string of the molecule is CC(NCc1c(Cl)cccc1Cl)c1cccc(Cl)c1. The first-order valence-electron chi connectivity index (χ1n) is 5.99. The predicted molar refractivity (Wildman–Crippen MR) is 83.2 cm³/mol. The molecule has 0 fully saturated rings. The fourth-order valence-electron chi connectivity index (χ4n) is 1.85. The highest BCUT2D eigenvalue weighted by atomic mass is 35.5. The van der Waals surface area contributed by atoms with E-state index in [9.17, 15) is 0 Å². The average molecular weight is 315 g/mol. The molecule has 0 radical (unpaired) electrons. The second-order valence-corrected chi connectivity index (χ2v) is 5.61. The molecule has 4 heteroatoms. The summed E-state index contributed by atoms with van der Waals surface area (Å²) in [5.74, 6) is 0. The minimum atomic E-state index is 0.172. The summed E-state index contributed by atoms with van der Waals surface area (Å²) in [7, 11) is 0. The number of hydrogen-bond acceptors (Lipinski definition) is 1. The summed E-state index contributed by atoms with van der Waals surface area (Å²) >= 11 is 18.3. The van der Waals surface area contributed by atoms with Gasteiger partial charge >= 0.3 is 0 Å². The Morgan fingerprint density at radius 3 is 2.26 bits per heavy atom. The predicted octanol–water partition coefficient (Wildman–Crippen LogP) is 5.50. The third-order valence-corrected chi connectivity index (χ3v) is 3.94. The topological polar surface area (TPSA) is 12.0 Å². The van der Waals surface area contributed by atoms with Crippen molar-refractivity contribution in [3.8, 4) is 0 Å². The Hall–Kier alpha value is -0.730. The highest BCUT2D eigenvalue weighted by Gasteiger charge is 2.09. The molecular weight excluding hydrogens is 301 g/mol. The van der Waals surface area contributed by atoms with Crippen LogP contribution in [0.15, 0.2) is 42.5 Å². The normalized spacial score (nSPS) is 12.4. The monoisotopic (exact) mass is 313 g/mol. The van der Waals surface area contributed by atoms with Gasteiger partial charge in [0.25, 0.3) is 0 Å². The van der Waals surface area contributed by atoms with Gasteiger partial charge in [0.15, 0.2) is 0 Å². The summed E-state index contributed by atoms with van der Waals surface area (Å²) in [5.41, 5.74) is 2.05. The molecule has 2 aromatic rings. The second-order valence-electron chi connectivity index (χ2n) is 4.36. The van der Waals surface area contributed by atoms with Crippen molar-refractivity contribution in [1.29, 1.82) is 0 Å². The van der Waals surface area contributed by atoms with Gasteiger partial charge in [0.2, 0.25) is 0 Å². The number of halogens is 3. The van der Waals surface area contributed by atoms with Crippen molar-refractivity contribution < 1.29 is 0 Å². The average Bonchev–Trinajstić information content (AvgIpc) is 2.38. The van der Waals surface area contributed by atoms with Crippen LogP contribution in [-0.4, -0.2) is 0 Å². The van der Waals surface area contributed by atoms with E-state index in [1.54, 1.807) is 0 Å². The maximum atomic E-state index is 6.14. The lowest BCUT2D eigenvalue weighted by Gasteiger charge is -2.16. The molecule has 0 aliphatic rings. The largest absolute Gasteiger partial charge is 0.306 e. The van der Waals surface area contributed by atoms with Crippen LogP contribution in [-0.2, 0) is 6.54 Å². The van der Waals surface area contributed by atoms with Crippen molar-refractivity contribution in [3.05, 3.63) is 68.7 Å². The molecule has 0 heterocycles. The first kappa shape index (κ1) is 14.7. The zero-order valence-electron chi connectivity index (χ0n) is 10.5. The lowest BCUT2D eigenvalue weighted by Crippen LogP contribution is -2.18. The van der Waals surface area contributed by atoms with Crippen LogP contribution in [0.5, 0.6) is 0 Å². The highest BCUT2D eigenvalue weighted by Crippen LogP contribution is 2.25. The number of rotatable bonds is 4. The summed E-state index contributed by atoms with van der Waals surface area (Å²) in [4.78, 5) is 0. The molecular formula is C15H14Cl3N. The van der Waals surface area contributed by atoms with Crippen LogP contribution in [0.2, 0.25) is 15.1 Å². The third kappa shape index (κ3) is 3.87. The van der Waals surface area contributed by atoms with E-state index in [1.807, 2.05) is 42.5 Å². The van der Waals surface area contributed by atoms with Crippen LogP contribution in [0.1, 0.15) is 24.1 Å². The van der Waals surface area contributed by atoms with Gasteiger partial charge in [-0.2, -0.15) is 0 Å². The van der Waals surface area contributed by atoms with E-state index >= 15 is 0 Å². The van der Waals surface area contributed by atoms with Gasteiger partial charge < -0.3 is 5.32 Å². The Balaban J connectivity index is 2.06. The minimum absolute atomic E-state index is 0.172. The molecule has 0 saturated carbocycles. The number of benzene rings is 2. The smallest absolute Gasteiger partial charge is 0.0465 e. The molecule has 0 saturated heterocycles. The molecule has 1 atom stereocenters. The summed E-state index contributed by atoms with van der Waals surface area (Å²) in [6.07, 6.45) is 0. The summed E-state index contributed by atoms with van der Waals surface area (Å²) in [5, 5.41) is 5.49. The maximum absolute atomic E-state index is 6.14. The van der Waals surface area contributed by atoms with Crippen LogP contribution in [0.25, 0.3) is 0 Å². The van der Waals surface area contributed by atoms with E-state index in [0.29, 0.717) is 16.6 Å². The van der Waals surface area contributed by atoms with Gasteiger partial charge in [-0.1, -0.05) is 53.0 Å². The quantitative estimate of drug-likeness (QED) is 0.786. The fourth-order valence-corrected chi connectivity index (χ4v) is 2.58. The van der Waals surface area contributed by atoms with E-state index in [2.05, 4.69) is 12.2 Å². The molecule has 19 heavy (non-hydrogen) atoms. The molecule has 0 spiro atoms. The Kier molecular flexibility index (Phi) is 5.12. The van der Waals surface area contributed by atoms with E-state index in [4.69, 9.17) is 34.8 Å². The molecule has 1 N–H and O–H groups in total. The third-order valence-electron chi connectivity index (χ3n) is 3.00. The lowest BCUT2D eigenvalue weighted by atomic mass is 10.1. The van der Waals surface area contributed by atoms with E-state index in [0.717, 1.165) is 16.1 Å². The van der Waals surface area contributed by atoms with E-state index in [-0.39, 0.29) is 6.04 Å². The molecule has 0 aliphatic heterocycles. The molecule has 2 aromatic carbocycles. The standard InChI is InChI=1S/C15H14Cl3N/c1-10(11-4-2-5-12(16)8-11)19-9-13-14(17)6-3-7-15(13)18/h2-8,10,19H,9H2,1H3. The molecule has 0 bridgehead atoms. The number of nitrogens with one attached hydrogen (secondary N) is 1. The highest BCUT2D eigenvalue weighted by molar-refractivity contribution is 6.36.